The van der Waals surface area contributed by atoms with Crippen molar-refractivity contribution in [1.29, 1.82) is 0 Å². The highest BCUT2D eigenvalue weighted by Crippen LogP contribution is 2.29. The molecular formula is C17H18O3. The van der Waals surface area contributed by atoms with Crippen molar-refractivity contribution in [3.63, 3.8) is 0 Å². The molecule has 3 heteroatoms. The molecule has 0 aliphatic carbocycles. The first-order chi connectivity index (χ1) is 9.70. The molecule has 0 aromatic heterocycles. The Morgan fingerprint density at radius 2 is 1.65 bits per heavy atom. The molecule has 2 aromatic carbocycles. The Bertz CT molecular complexity index is 546. The number of benzene rings is 2. The van der Waals surface area contributed by atoms with Gasteiger partial charge in [-0.25, -0.2) is 0 Å². The van der Waals surface area contributed by atoms with Crippen LogP contribution in [0.3, 0.4) is 0 Å². The number of rotatable bonds is 6. The molecule has 0 aliphatic rings. The summed E-state index contributed by atoms with van der Waals surface area (Å²) < 4.78 is 5.41. The van der Waals surface area contributed by atoms with Crippen LogP contribution in [0.1, 0.15) is 30.4 Å². The van der Waals surface area contributed by atoms with Crippen molar-refractivity contribution in [2.75, 3.05) is 6.61 Å². The zero-order valence-corrected chi connectivity index (χ0v) is 11.5. The zero-order chi connectivity index (χ0) is 14.4. The van der Waals surface area contributed by atoms with Crippen LogP contribution in [0.5, 0.6) is 5.75 Å². The third kappa shape index (κ3) is 3.60. The van der Waals surface area contributed by atoms with Crippen molar-refractivity contribution in [2.24, 2.45) is 0 Å². The summed E-state index contributed by atoms with van der Waals surface area (Å²) in [6.07, 6.45) is 0.0813. The molecule has 0 amide bonds. The molecule has 1 atom stereocenters. The van der Waals surface area contributed by atoms with Gasteiger partial charge in [0.1, 0.15) is 5.75 Å². The minimum Gasteiger partial charge on any atom is -0.494 e. The number of aliphatic carboxylic acids is 1. The maximum atomic E-state index is 11.1. The van der Waals surface area contributed by atoms with E-state index < -0.39 is 5.97 Å². The van der Waals surface area contributed by atoms with E-state index in [0.29, 0.717) is 6.61 Å². The summed E-state index contributed by atoms with van der Waals surface area (Å²) in [6, 6.07) is 17.4. The minimum absolute atomic E-state index is 0.0813. The second kappa shape index (κ2) is 6.75. The Balaban J connectivity index is 2.29. The molecule has 2 aromatic rings. The maximum Gasteiger partial charge on any atom is 0.304 e. The molecular weight excluding hydrogens is 252 g/mol. The fourth-order valence-corrected chi connectivity index (χ4v) is 2.25. The van der Waals surface area contributed by atoms with Crippen LogP contribution in [-0.4, -0.2) is 17.7 Å². The standard InChI is InChI=1S/C17H18O3/c1-2-20-15-10-8-14(9-11-15)16(12-17(18)19)13-6-4-3-5-7-13/h3-11,16H,2,12H2,1H3,(H,18,19). The molecule has 2 rings (SSSR count). The summed E-state index contributed by atoms with van der Waals surface area (Å²) in [5, 5.41) is 9.12. The Kier molecular flexibility index (Phi) is 4.77. The average Bonchev–Trinajstić information content (AvgIpc) is 2.47. The highest BCUT2D eigenvalue weighted by Gasteiger charge is 2.17. The van der Waals surface area contributed by atoms with E-state index in [2.05, 4.69) is 0 Å². The molecule has 0 spiro atoms. The number of hydrogen-bond donors (Lipinski definition) is 1. The molecule has 0 fully saturated rings. The lowest BCUT2D eigenvalue weighted by Gasteiger charge is -2.16. The second-order valence-corrected chi connectivity index (χ2v) is 4.56. The number of carboxylic acid groups (broad SMARTS) is 1. The van der Waals surface area contributed by atoms with Crippen LogP contribution in [0.25, 0.3) is 0 Å². The van der Waals surface area contributed by atoms with Crippen LogP contribution >= 0.6 is 0 Å². The van der Waals surface area contributed by atoms with Gasteiger partial charge in [0.2, 0.25) is 0 Å². The predicted molar refractivity (Wildman–Crippen MR) is 78.1 cm³/mol. The van der Waals surface area contributed by atoms with Gasteiger partial charge in [0.15, 0.2) is 0 Å². The molecule has 0 heterocycles. The molecule has 0 aliphatic heterocycles. The number of hydrogen-bond acceptors (Lipinski definition) is 2. The number of carbonyl (C=O) groups is 1. The molecule has 20 heavy (non-hydrogen) atoms. The molecule has 0 saturated carbocycles. The van der Waals surface area contributed by atoms with Gasteiger partial charge in [-0.15, -0.1) is 0 Å². The van der Waals surface area contributed by atoms with E-state index in [1.54, 1.807) is 0 Å². The topological polar surface area (TPSA) is 46.5 Å². The maximum absolute atomic E-state index is 11.1. The van der Waals surface area contributed by atoms with Gasteiger partial charge in [-0.2, -0.15) is 0 Å². The zero-order valence-electron chi connectivity index (χ0n) is 11.5. The average molecular weight is 270 g/mol. The Hall–Kier alpha value is -2.29. The van der Waals surface area contributed by atoms with Crippen LogP contribution in [0.15, 0.2) is 54.6 Å². The summed E-state index contributed by atoms with van der Waals surface area (Å²) in [4.78, 5) is 11.1. The monoisotopic (exact) mass is 270 g/mol. The van der Waals surface area contributed by atoms with E-state index in [1.165, 1.54) is 0 Å². The minimum atomic E-state index is -0.798. The van der Waals surface area contributed by atoms with Crippen LogP contribution < -0.4 is 4.74 Å². The van der Waals surface area contributed by atoms with Crippen molar-refractivity contribution < 1.29 is 14.6 Å². The third-order valence-corrected chi connectivity index (χ3v) is 3.17. The van der Waals surface area contributed by atoms with Gasteiger partial charge < -0.3 is 9.84 Å². The van der Waals surface area contributed by atoms with Gasteiger partial charge in [-0.1, -0.05) is 42.5 Å². The first kappa shape index (κ1) is 14.1. The molecule has 1 N–H and O–H groups in total. The molecule has 0 saturated heterocycles. The lowest BCUT2D eigenvalue weighted by molar-refractivity contribution is -0.137. The fraction of sp³-hybridized carbons (Fsp3) is 0.235. The predicted octanol–water partition coefficient (Wildman–Crippen LogP) is 3.69. The van der Waals surface area contributed by atoms with E-state index >= 15 is 0 Å². The SMILES string of the molecule is CCOc1ccc(C(CC(=O)O)c2ccccc2)cc1. The van der Waals surface area contributed by atoms with Gasteiger partial charge in [0.05, 0.1) is 13.0 Å². The normalized spacial score (nSPS) is 11.8. The summed E-state index contributed by atoms with van der Waals surface area (Å²) in [7, 11) is 0. The molecule has 3 nitrogen and oxygen atoms in total. The van der Waals surface area contributed by atoms with E-state index in [1.807, 2.05) is 61.5 Å². The van der Waals surface area contributed by atoms with Gasteiger partial charge in [-0.05, 0) is 30.2 Å². The van der Waals surface area contributed by atoms with Crippen LogP contribution in [0.4, 0.5) is 0 Å². The van der Waals surface area contributed by atoms with Gasteiger partial charge >= 0.3 is 5.97 Å². The van der Waals surface area contributed by atoms with Gasteiger partial charge in [0, 0.05) is 5.92 Å². The first-order valence-electron chi connectivity index (χ1n) is 6.70. The summed E-state index contributed by atoms with van der Waals surface area (Å²) in [5.74, 6) is -0.129. The van der Waals surface area contributed by atoms with Crippen LogP contribution in [-0.2, 0) is 4.79 Å². The summed E-state index contributed by atoms with van der Waals surface area (Å²) in [6.45, 7) is 2.56. The largest absolute Gasteiger partial charge is 0.494 e. The fourth-order valence-electron chi connectivity index (χ4n) is 2.25. The molecule has 0 radical (unpaired) electrons. The van der Waals surface area contributed by atoms with Crippen LogP contribution in [0, 0.1) is 0 Å². The summed E-state index contributed by atoms with van der Waals surface area (Å²) in [5.41, 5.74) is 2.00. The highest BCUT2D eigenvalue weighted by molar-refractivity contribution is 5.69. The van der Waals surface area contributed by atoms with Crippen molar-refractivity contribution in [1.82, 2.24) is 0 Å². The Morgan fingerprint density at radius 3 is 2.20 bits per heavy atom. The molecule has 104 valence electrons. The highest BCUT2D eigenvalue weighted by atomic mass is 16.5. The van der Waals surface area contributed by atoms with E-state index in [0.717, 1.165) is 16.9 Å². The Labute approximate surface area is 118 Å². The lowest BCUT2D eigenvalue weighted by atomic mass is 9.88. The van der Waals surface area contributed by atoms with E-state index in [-0.39, 0.29) is 12.3 Å². The first-order valence-corrected chi connectivity index (χ1v) is 6.70. The van der Waals surface area contributed by atoms with Crippen LogP contribution in [0.2, 0.25) is 0 Å². The van der Waals surface area contributed by atoms with Gasteiger partial charge in [-0.3, -0.25) is 4.79 Å². The van der Waals surface area contributed by atoms with E-state index in [9.17, 15) is 4.79 Å². The van der Waals surface area contributed by atoms with E-state index in [4.69, 9.17) is 9.84 Å². The Morgan fingerprint density at radius 1 is 1.05 bits per heavy atom. The second-order valence-electron chi connectivity index (χ2n) is 4.56. The smallest absolute Gasteiger partial charge is 0.304 e. The van der Waals surface area contributed by atoms with Gasteiger partial charge in [0.25, 0.3) is 0 Å². The van der Waals surface area contributed by atoms with Crippen molar-refractivity contribution in [3.8, 4) is 5.75 Å². The summed E-state index contributed by atoms with van der Waals surface area (Å²) >= 11 is 0. The van der Waals surface area contributed by atoms with Crippen molar-refractivity contribution >= 4 is 5.97 Å². The molecule has 1 unspecified atom stereocenters. The van der Waals surface area contributed by atoms with Crippen molar-refractivity contribution in [3.05, 3.63) is 65.7 Å². The molecule has 0 bridgehead atoms. The third-order valence-electron chi connectivity index (χ3n) is 3.17. The van der Waals surface area contributed by atoms with Crippen molar-refractivity contribution in [2.45, 2.75) is 19.3 Å². The lowest BCUT2D eigenvalue weighted by Crippen LogP contribution is -2.08. The number of ether oxygens (including phenoxy) is 1. The number of carboxylic acids is 1. The quantitative estimate of drug-likeness (QED) is 0.870.